The maximum absolute atomic E-state index is 3.44. The highest BCUT2D eigenvalue weighted by atomic mass is 15.1. The zero-order valence-corrected chi connectivity index (χ0v) is 12.5. The normalized spacial score (nSPS) is 13.3. The van der Waals surface area contributed by atoms with Crippen molar-refractivity contribution in [2.24, 2.45) is 0 Å². The Morgan fingerprint density at radius 3 is 2.50 bits per heavy atom. The Morgan fingerprint density at radius 1 is 1.28 bits per heavy atom. The number of nitrogens with one attached hydrogen (secondary N) is 1. The van der Waals surface area contributed by atoms with E-state index in [2.05, 4.69) is 69.2 Å². The standard InChI is InChI=1S/C16H28N2/c1-6-18(13(2)3)11-10-16(17-5)15-9-7-8-14(4)12-15/h7-9,12-13,16-17H,6,10-11H2,1-5H3. The van der Waals surface area contributed by atoms with Crippen LogP contribution in [0.15, 0.2) is 24.3 Å². The molecule has 0 spiro atoms. The van der Waals surface area contributed by atoms with E-state index in [9.17, 15) is 0 Å². The summed E-state index contributed by atoms with van der Waals surface area (Å²) in [5.41, 5.74) is 2.74. The van der Waals surface area contributed by atoms with E-state index in [1.807, 2.05) is 0 Å². The monoisotopic (exact) mass is 248 g/mol. The minimum Gasteiger partial charge on any atom is -0.313 e. The summed E-state index contributed by atoms with van der Waals surface area (Å²) in [4.78, 5) is 2.51. The van der Waals surface area contributed by atoms with Crippen LogP contribution in [0.2, 0.25) is 0 Å². The molecule has 1 aromatic rings. The SMILES string of the molecule is CCN(CCC(NC)c1cccc(C)c1)C(C)C. The largest absolute Gasteiger partial charge is 0.313 e. The quantitative estimate of drug-likeness (QED) is 0.796. The van der Waals surface area contributed by atoms with E-state index in [1.165, 1.54) is 11.1 Å². The van der Waals surface area contributed by atoms with Crippen LogP contribution in [0.25, 0.3) is 0 Å². The summed E-state index contributed by atoms with van der Waals surface area (Å²) < 4.78 is 0. The van der Waals surface area contributed by atoms with Gasteiger partial charge >= 0.3 is 0 Å². The molecule has 0 saturated carbocycles. The lowest BCUT2D eigenvalue weighted by Gasteiger charge is -2.27. The van der Waals surface area contributed by atoms with Crippen molar-refractivity contribution in [2.75, 3.05) is 20.1 Å². The van der Waals surface area contributed by atoms with Crippen molar-refractivity contribution in [3.05, 3.63) is 35.4 Å². The molecule has 0 aliphatic heterocycles. The first kappa shape index (κ1) is 15.2. The van der Waals surface area contributed by atoms with Crippen molar-refractivity contribution in [3.63, 3.8) is 0 Å². The summed E-state index contributed by atoms with van der Waals surface area (Å²) >= 11 is 0. The van der Waals surface area contributed by atoms with Crippen LogP contribution < -0.4 is 5.32 Å². The molecule has 0 radical (unpaired) electrons. The molecule has 2 nitrogen and oxygen atoms in total. The van der Waals surface area contributed by atoms with Crippen molar-refractivity contribution in [1.82, 2.24) is 10.2 Å². The fourth-order valence-electron chi connectivity index (χ4n) is 2.44. The van der Waals surface area contributed by atoms with Gasteiger partial charge in [-0.1, -0.05) is 36.8 Å². The maximum atomic E-state index is 3.44. The van der Waals surface area contributed by atoms with Gasteiger partial charge in [-0.2, -0.15) is 0 Å². The molecule has 0 fully saturated rings. The Morgan fingerprint density at radius 2 is 2.00 bits per heavy atom. The molecule has 1 aromatic carbocycles. The number of nitrogens with zero attached hydrogens (tertiary/aromatic N) is 1. The maximum Gasteiger partial charge on any atom is 0.0329 e. The van der Waals surface area contributed by atoms with Gasteiger partial charge in [0.1, 0.15) is 0 Å². The summed E-state index contributed by atoms with van der Waals surface area (Å²) in [7, 11) is 2.05. The Balaban J connectivity index is 2.62. The highest BCUT2D eigenvalue weighted by molar-refractivity contribution is 5.25. The second-order valence-electron chi connectivity index (χ2n) is 5.27. The molecule has 2 heteroatoms. The molecule has 0 aliphatic rings. The van der Waals surface area contributed by atoms with Gasteiger partial charge in [0.15, 0.2) is 0 Å². The van der Waals surface area contributed by atoms with Crippen LogP contribution in [0.3, 0.4) is 0 Å². The van der Waals surface area contributed by atoms with Crippen LogP contribution >= 0.6 is 0 Å². The third kappa shape index (κ3) is 4.43. The van der Waals surface area contributed by atoms with Crippen LogP contribution in [0.5, 0.6) is 0 Å². The van der Waals surface area contributed by atoms with Gasteiger partial charge in [-0.25, -0.2) is 0 Å². The number of hydrogen-bond donors (Lipinski definition) is 1. The third-order valence-corrected chi connectivity index (χ3v) is 3.63. The summed E-state index contributed by atoms with van der Waals surface area (Å²) in [6.07, 6.45) is 1.16. The van der Waals surface area contributed by atoms with Crippen LogP contribution in [0.1, 0.15) is 44.4 Å². The summed E-state index contributed by atoms with van der Waals surface area (Å²) in [5, 5.41) is 3.44. The fraction of sp³-hybridized carbons (Fsp3) is 0.625. The molecule has 0 heterocycles. The highest BCUT2D eigenvalue weighted by Gasteiger charge is 2.13. The number of hydrogen-bond acceptors (Lipinski definition) is 2. The average Bonchev–Trinajstić information content (AvgIpc) is 2.34. The summed E-state index contributed by atoms with van der Waals surface area (Å²) in [6.45, 7) is 11.2. The fourth-order valence-corrected chi connectivity index (χ4v) is 2.44. The molecule has 0 saturated heterocycles. The van der Waals surface area contributed by atoms with Crippen molar-refractivity contribution in [1.29, 1.82) is 0 Å². The lowest BCUT2D eigenvalue weighted by molar-refractivity contribution is 0.221. The third-order valence-electron chi connectivity index (χ3n) is 3.63. The van der Waals surface area contributed by atoms with E-state index < -0.39 is 0 Å². The molecule has 1 rings (SSSR count). The predicted molar refractivity (Wildman–Crippen MR) is 80.0 cm³/mol. The Hall–Kier alpha value is -0.860. The molecule has 0 aromatic heterocycles. The van der Waals surface area contributed by atoms with Gasteiger partial charge in [0.25, 0.3) is 0 Å². The Bertz CT molecular complexity index is 347. The topological polar surface area (TPSA) is 15.3 Å². The second-order valence-corrected chi connectivity index (χ2v) is 5.27. The molecule has 1 unspecified atom stereocenters. The van der Waals surface area contributed by atoms with E-state index in [1.54, 1.807) is 0 Å². The van der Waals surface area contributed by atoms with Gasteiger partial charge < -0.3 is 10.2 Å². The first-order chi connectivity index (χ1) is 8.58. The molecular weight excluding hydrogens is 220 g/mol. The highest BCUT2D eigenvalue weighted by Crippen LogP contribution is 2.18. The van der Waals surface area contributed by atoms with E-state index >= 15 is 0 Å². The summed E-state index contributed by atoms with van der Waals surface area (Å²) in [6, 6.07) is 9.90. The van der Waals surface area contributed by atoms with Gasteiger partial charge in [-0.3, -0.25) is 0 Å². The molecule has 0 amide bonds. The molecule has 0 bridgehead atoms. The molecule has 102 valence electrons. The molecule has 1 atom stereocenters. The average molecular weight is 248 g/mol. The predicted octanol–water partition coefficient (Wildman–Crippen LogP) is 3.38. The van der Waals surface area contributed by atoms with Crippen LogP contribution in [-0.4, -0.2) is 31.1 Å². The van der Waals surface area contributed by atoms with Crippen molar-refractivity contribution < 1.29 is 0 Å². The summed E-state index contributed by atoms with van der Waals surface area (Å²) in [5.74, 6) is 0. The lowest BCUT2D eigenvalue weighted by atomic mass is 10.0. The van der Waals surface area contributed by atoms with E-state index in [0.29, 0.717) is 12.1 Å². The van der Waals surface area contributed by atoms with Gasteiger partial charge in [0.2, 0.25) is 0 Å². The van der Waals surface area contributed by atoms with Gasteiger partial charge in [0, 0.05) is 18.6 Å². The van der Waals surface area contributed by atoms with Gasteiger partial charge in [-0.15, -0.1) is 0 Å². The van der Waals surface area contributed by atoms with Gasteiger partial charge in [0.05, 0.1) is 0 Å². The molecule has 0 aliphatic carbocycles. The van der Waals surface area contributed by atoms with Crippen LogP contribution in [-0.2, 0) is 0 Å². The Labute approximate surface area is 112 Å². The van der Waals surface area contributed by atoms with E-state index in [-0.39, 0.29) is 0 Å². The lowest BCUT2D eigenvalue weighted by Crippen LogP contribution is -2.33. The molecular formula is C16H28N2. The number of aryl methyl sites for hydroxylation is 1. The smallest absolute Gasteiger partial charge is 0.0329 e. The first-order valence-corrected chi connectivity index (χ1v) is 7.06. The number of benzene rings is 1. The van der Waals surface area contributed by atoms with E-state index in [4.69, 9.17) is 0 Å². The van der Waals surface area contributed by atoms with Crippen LogP contribution in [0, 0.1) is 6.92 Å². The van der Waals surface area contributed by atoms with Crippen molar-refractivity contribution in [2.45, 2.75) is 46.2 Å². The second kappa shape index (κ2) is 7.55. The minimum atomic E-state index is 0.456. The zero-order valence-electron chi connectivity index (χ0n) is 12.5. The van der Waals surface area contributed by atoms with Crippen molar-refractivity contribution in [3.8, 4) is 0 Å². The van der Waals surface area contributed by atoms with E-state index in [0.717, 1.165) is 19.5 Å². The van der Waals surface area contributed by atoms with Crippen molar-refractivity contribution >= 4 is 0 Å². The first-order valence-electron chi connectivity index (χ1n) is 7.06. The molecule has 18 heavy (non-hydrogen) atoms. The Kier molecular flexibility index (Phi) is 6.37. The minimum absolute atomic E-state index is 0.456. The zero-order chi connectivity index (χ0) is 13.5. The number of rotatable bonds is 7. The van der Waals surface area contributed by atoms with Gasteiger partial charge in [-0.05, 0) is 46.3 Å². The van der Waals surface area contributed by atoms with Crippen LogP contribution in [0.4, 0.5) is 0 Å². The molecule has 1 N–H and O–H groups in total.